The van der Waals surface area contributed by atoms with Gasteiger partial charge in [-0.05, 0) is 43.7 Å². The fraction of sp³-hybridized carbons (Fsp3) is 0.611. The second kappa shape index (κ2) is 12.5. The molecule has 0 atom stereocenters. The van der Waals surface area contributed by atoms with E-state index < -0.39 is 10.0 Å². The zero-order chi connectivity index (χ0) is 18.8. The van der Waals surface area contributed by atoms with Gasteiger partial charge in [-0.25, -0.2) is 17.5 Å². The molecular formula is C18H30FIN4O2S. The highest BCUT2D eigenvalue weighted by molar-refractivity contribution is 14.0. The molecule has 3 N–H and O–H groups in total. The molecule has 6 nitrogen and oxygen atoms in total. The smallest absolute Gasteiger partial charge is 0.213 e. The highest BCUT2D eigenvalue weighted by Crippen LogP contribution is 2.25. The van der Waals surface area contributed by atoms with Crippen LogP contribution >= 0.6 is 24.0 Å². The van der Waals surface area contributed by atoms with Gasteiger partial charge in [-0.3, -0.25) is 4.99 Å². The summed E-state index contributed by atoms with van der Waals surface area (Å²) in [6, 6.07) is 6.66. The number of aliphatic imine (C=N–C) groups is 1. The molecular weight excluding hydrogens is 482 g/mol. The maximum Gasteiger partial charge on any atom is 0.213 e. The van der Waals surface area contributed by atoms with E-state index in [-0.39, 0.29) is 42.1 Å². The lowest BCUT2D eigenvalue weighted by Gasteiger charge is -2.25. The first-order valence-corrected chi connectivity index (χ1v) is 10.9. The molecule has 0 aliphatic heterocycles. The Labute approximate surface area is 178 Å². The largest absolute Gasteiger partial charge is 0.357 e. The predicted octanol–water partition coefficient (Wildman–Crippen LogP) is 2.26. The summed E-state index contributed by atoms with van der Waals surface area (Å²) in [5, 5.41) is 6.18. The topological polar surface area (TPSA) is 82.6 Å². The van der Waals surface area contributed by atoms with Gasteiger partial charge in [-0.2, -0.15) is 0 Å². The third kappa shape index (κ3) is 9.20. The van der Waals surface area contributed by atoms with E-state index in [4.69, 9.17) is 0 Å². The lowest BCUT2D eigenvalue weighted by molar-refractivity contribution is 0.316. The maximum atomic E-state index is 13.6. The second-order valence-corrected chi connectivity index (χ2v) is 8.42. The third-order valence-corrected chi connectivity index (χ3v) is 5.76. The van der Waals surface area contributed by atoms with Crippen molar-refractivity contribution in [2.75, 3.05) is 31.9 Å². The summed E-state index contributed by atoms with van der Waals surface area (Å²) < 4.78 is 40.2. The van der Waals surface area contributed by atoms with Gasteiger partial charge in [-0.1, -0.05) is 24.6 Å². The number of sulfonamides is 1. The Morgan fingerprint density at radius 3 is 2.63 bits per heavy atom. The number of rotatable bonds is 10. The van der Waals surface area contributed by atoms with Gasteiger partial charge in [0.25, 0.3) is 0 Å². The first-order chi connectivity index (χ1) is 12.5. The van der Waals surface area contributed by atoms with Gasteiger partial charge in [0.2, 0.25) is 10.0 Å². The number of hydrogen-bond acceptors (Lipinski definition) is 3. The molecule has 0 unspecified atom stereocenters. The third-order valence-electron chi connectivity index (χ3n) is 4.44. The monoisotopic (exact) mass is 512 g/mol. The lowest BCUT2D eigenvalue weighted by atomic mass is 9.86. The minimum absolute atomic E-state index is 0. The van der Waals surface area contributed by atoms with E-state index >= 15 is 0 Å². The molecule has 1 saturated carbocycles. The lowest BCUT2D eigenvalue weighted by Crippen LogP contribution is -2.39. The number of nitrogens with one attached hydrogen (secondary N) is 3. The van der Waals surface area contributed by atoms with Crippen molar-refractivity contribution in [3.63, 3.8) is 0 Å². The van der Waals surface area contributed by atoms with E-state index in [0.29, 0.717) is 43.5 Å². The van der Waals surface area contributed by atoms with Crippen LogP contribution in [0.15, 0.2) is 29.3 Å². The summed E-state index contributed by atoms with van der Waals surface area (Å²) >= 11 is 0. The molecule has 27 heavy (non-hydrogen) atoms. The molecule has 0 saturated heterocycles. The summed E-state index contributed by atoms with van der Waals surface area (Å²) in [5.74, 6) is 0.771. The van der Waals surface area contributed by atoms with Crippen LogP contribution < -0.4 is 15.4 Å². The molecule has 154 valence electrons. The zero-order valence-corrected chi connectivity index (χ0v) is 18.9. The van der Waals surface area contributed by atoms with Crippen LogP contribution in [0.4, 0.5) is 4.39 Å². The minimum atomic E-state index is -3.29. The Morgan fingerprint density at radius 1 is 1.26 bits per heavy atom. The van der Waals surface area contributed by atoms with Crippen molar-refractivity contribution in [3.05, 3.63) is 35.6 Å². The van der Waals surface area contributed by atoms with Crippen LogP contribution in [-0.4, -0.2) is 46.3 Å². The second-order valence-electron chi connectivity index (χ2n) is 6.49. The van der Waals surface area contributed by atoms with Crippen molar-refractivity contribution in [2.24, 2.45) is 10.9 Å². The van der Waals surface area contributed by atoms with Gasteiger partial charge in [0, 0.05) is 19.6 Å². The van der Waals surface area contributed by atoms with E-state index in [1.54, 1.807) is 18.2 Å². The van der Waals surface area contributed by atoms with Crippen molar-refractivity contribution in [1.29, 1.82) is 0 Å². The molecule has 0 amide bonds. The van der Waals surface area contributed by atoms with Crippen molar-refractivity contribution in [2.45, 2.75) is 32.6 Å². The Balaban J connectivity index is 0.00000364. The van der Waals surface area contributed by atoms with Crippen LogP contribution in [-0.2, 0) is 16.4 Å². The standard InChI is InChI=1S/C18H29FN4O2S.HI/c1-2-20-18(21-11-10-16-8-3-4-9-17(16)19)22-12-13-26(24,25)23-14-15-6-5-7-15;/h3-4,8-9,15,23H,2,5-7,10-14H2,1H3,(H2,20,21,22);1H. The number of hydrogen-bond donors (Lipinski definition) is 3. The first-order valence-electron chi connectivity index (χ1n) is 9.23. The molecule has 1 aliphatic rings. The molecule has 1 aromatic carbocycles. The number of halogens is 2. The van der Waals surface area contributed by atoms with E-state index in [1.165, 1.54) is 12.5 Å². The summed E-state index contributed by atoms with van der Waals surface area (Å²) in [6.45, 7) is 3.82. The van der Waals surface area contributed by atoms with Crippen LogP contribution in [0.1, 0.15) is 31.7 Å². The molecule has 0 aromatic heterocycles. The molecule has 1 fully saturated rings. The molecule has 1 aliphatic carbocycles. The van der Waals surface area contributed by atoms with Crippen molar-refractivity contribution in [1.82, 2.24) is 15.4 Å². The summed E-state index contributed by atoms with van der Waals surface area (Å²) in [6.07, 6.45) is 3.94. The summed E-state index contributed by atoms with van der Waals surface area (Å²) in [5.41, 5.74) is 0.638. The van der Waals surface area contributed by atoms with Gasteiger partial charge < -0.3 is 10.6 Å². The molecule has 2 rings (SSSR count). The number of nitrogens with zero attached hydrogens (tertiary/aromatic N) is 1. The Hall–Kier alpha value is -0.940. The fourth-order valence-electron chi connectivity index (χ4n) is 2.65. The fourth-order valence-corrected chi connectivity index (χ4v) is 3.62. The Bertz CT molecular complexity index is 696. The van der Waals surface area contributed by atoms with Gasteiger partial charge in [-0.15, -0.1) is 24.0 Å². The van der Waals surface area contributed by atoms with Crippen LogP contribution in [0.5, 0.6) is 0 Å². The van der Waals surface area contributed by atoms with Crippen molar-refractivity contribution < 1.29 is 12.8 Å². The van der Waals surface area contributed by atoms with Gasteiger partial charge in [0.05, 0.1) is 12.3 Å². The molecule has 9 heteroatoms. The van der Waals surface area contributed by atoms with Crippen molar-refractivity contribution >= 4 is 40.0 Å². The Kier molecular flexibility index (Phi) is 11.2. The van der Waals surface area contributed by atoms with Crippen LogP contribution in [0.25, 0.3) is 0 Å². The quantitative estimate of drug-likeness (QED) is 0.255. The van der Waals surface area contributed by atoms with E-state index in [1.807, 2.05) is 6.92 Å². The average molecular weight is 512 g/mol. The van der Waals surface area contributed by atoms with Gasteiger partial charge in [0.15, 0.2) is 5.96 Å². The normalized spacial score (nSPS) is 15.0. The molecule has 0 heterocycles. The van der Waals surface area contributed by atoms with E-state index in [9.17, 15) is 12.8 Å². The van der Waals surface area contributed by atoms with Crippen LogP contribution in [0.3, 0.4) is 0 Å². The van der Waals surface area contributed by atoms with E-state index in [2.05, 4.69) is 20.3 Å². The zero-order valence-electron chi connectivity index (χ0n) is 15.7. The van der Waals surface area contributed by atoms with Crippen molar-refractivity contribution in [3.8, 4) is 0 Å². The summed E-state index contributed by atoms with van der Waals surface area (Å²) in [7, 11) is -3.29. The van der Waals surface area contributed by atoms with Crippen LogP contribution in [0.2, 0.25) is 0 Å². The highest BCUT2D eigenvalue weighted by atomic mass is 127. The SMILES string of the molecule is CCNC(=NCCS(=O)(=O)NCC1CCC1)NCCc1ccccc1F.I. The number of guanidine groups is 1. The van der Waals surface area contributed by atoms with E-state index in [0.717, 1.165) is 12.8 Å². The molecule has 1 aromatic rings. The molecule has 0 radical (unpaired) electrons. The Morgan fingerprint density at radius 2 is 2.00 bits per heavy atom. The molecule has 0 spiro atoms. The predicted molar refractivity (Wildman–Crippen MR) is 119 cm³/mol. The highest BCUT2D eigenvalue weighted by Gasteiger charge is 2.19. The molecule has 0 bridgehead atoms. The minimum Gasteiger partial charge on any atom is -0.357 e. The first kappa shape index (κ1) is 24.1. The van der Waals surface area contributed by atoms with Gasteiger partial charge >= 0.3 is 0 Å². The summed E-state index contributed by atoms with van der Waals surface area (Å²) in [4.78, 5) is 4.30. The van der Waals surface area contributed by atoms with Crippen LogP contribution in [0, 0.1) is 11.7 Å². The van der Waals surface area contributed by atoms with Gasteiger partial charge in [0.1, 0.15) is 5.82 Å². The maximum absolute atomic E-state index is 13.6. The average Bonchev–Trinajstić information content (AvgIpc) is 2.55. The number of benzene rings is 1.